The Morgan fingerprint density at radius 3 is 2.53 bits per heavy atom. The van der Waals surface area contributed by atoms with Crippen molar-refractivity contribution in [3.05, 3.63) is 11.6 Å². The second kappa shape index (κ2) is 8.29. The number of hydrogen-bond donors (Lipinski definition) is 0. The summed E-state index contributed by atoms with van der Waals surface area (Å²) in [6.45, 7) is 9.05. The summed E-state index contributed by atoms with van der Waals surface area (Å²) < 4.78 is 10.2. The third-order valence-corrected chi connectivity index (χ3v) is 2.73. The number of esters is 1. The van der Waals surface area contributed by atoms with Gasteiger partial charge in [0.15, 0.2) is 0 Å². The van der Waals surface area contributed by atoms with E-state index in [1.54, 1.807) is 0 Å². The monoisotopic (exact) mass is 242 g/mol. The molecule has 0 aromatic rings. The number of rotatable bonds is 8. The highest BCUT2D eigenvalue weighted by atomic mass is 16.5. The van der Waals surface area contributed by atoms with E-state index in [-0.39, 0.29) is 11.6 Å². The van der Waals surface area contributed by atoms with E-state index in [1.165, 1.54) is 12.7 Å². The fourth-order valence-corrected chi connectivity index (χ4v) is 1.70. The highest BCUT2D eigenvalue weighted by Gasteiger charge is 2.16. The van der Waals surface area contributed by atoms with Gasteiger partial charge in [0.05, 0.1) is 19.1 Å². The van der Waals surface area contributed by atoms with Crippen LogP contribution < -0.4 is 0 Å². The van der Waals surface area contributed by atoms with E-state index in [0.717, 1.165) is 25.9 Å². The zero-order chi connectivity index (χ0) is 13.3. The van der Waals surface area contributed by atoms with Crippen LogP contribution in [0.1, 0.15) is 53.4 Å². The zero-order valence-corrected chi connectivity index (χ0v) is 11.8. The number of carbonyl (C=O) groups excluding carboxylic acids is 1. The molecule has 0 spiro atoms. The topological polar surface area (TPSA) is 35.5 Å². The summed E-state index contributed by atoms with van der Waals surface area (Å²) in [5.74, 6) is -0.181. The Hall–Kier alpha value is -0.830. The van der Waals surface area contributed by atoms with Gasteiger partial charge in [0.1, 0.15) is 0 Å². The van der Waals surface area contributed by atoms with Gasteiger partial charge in [-0.2, -0.15) is 0 Å². The lowest BCUT2D eigenvalue weighted by atomic mass is 9.99. The van der Waals surface area contributed by atoms with Crippen molar-refractivity contribution >= 4 is 5.97 Å². The summed E-state index contributed by atoms with van der Waals surface area (Å²) in [6.07, 6.45) is 5.44. The molecule has 0 aliphatic heterocycles. The number of hydrogen-bond acceptors (Lipinski definition) is 3. The van der Waals surface area contributed by atoms with Gasteiger partial charge in [0.25, 0.3) is 0 Å². The Balaban J connectivity index is 3.84. The lowest BCUT2D eigenvalue weighted by molar-refractivity contribution is -0.139. The minimum atomic E-state index is -0.181. The molecular weight excluding hydrogens is 216 g/mol. The molecule has 17 heavy (non-hydrogen) atoms. The molecule has 3 heteroatoms. The molecule has 0 N–H and O–H groups in total. The van der Waals surface area contributed by atoms with Gasteiger partial charge in [-0.15, -0.1) is 0 Å². The zero-order valence-electron chi connectivity index (χ0n) is 11.8. The van der Waals surface area contributed by atoms with Crippen molar-refractivity contribution in [1.82, 2.24) is 0 Å². The quantitative estimate of drug-likeness (QED) is 0.483. The van der Waals surface area contributed by atoms with Gasteiger partial charge in [-0.1, -0.05) is 11.6 Å². The Morgan fingerprint density at radius 1 is 1.35 bits per heavy atom. The van der Waals surface area contributed by atoms with E-state index in [2.05, 4.69) is 25.5 Å². The van der Waals surface area contributed by atoms with Crippen LogP contribution in [0, 0.1) is 0 Å². The maximum atomic E-state index is 10.9. The molecule has 0 amide bonds. The van der Waals surface area contributed by atoms with Gasteiger partial charge in [0.2, 0.25) is 0 Å². The van der Waals surface area contributed by atoms with E-state index < -0.39 is 0 Å². The summed E-state index contributed by atoms with van der Waals surface area (Å²) >= 11 is 0. The summed E-state index contributed by atoms with van der Waals surface area (Å²) in [4.78, 5) is 10.9. The summed E-state index contributed by atoms with van der Waals surface area (Å²) in [7, 11) is 1.41. The van der Waals surface area contributed by atoms with Gasteiger partial charge in [-0.25, -0.2) is 0 Å². The molecule has 0 atom stereocenters. The van der Waals surface area contributed by atoms with Gasteiger partial charge in [-0.3, -0.25) is 4.79 Å². The largest absolute Gasteiger partial charge is 0.469 e. The molecule has 0 unspecified atom stereocenters. The van der Waals surface area contributed by atoms with E-state index >= 15 is 0 Å². The third kappa shape index (κ3) is 8.93. The first-order valence-electron chi connectivity index (χ1n) is 6.27. The first-order chi connectivity index (χ1) is 7.91. The Bertz CT molecular complexity index is 254. The molecule has 0 fully saturated rings. The van der Waals surface area contributed by atoms with Crippen LogP contribution in [0.5, 0.6) is 0 Å². The molecule has 0 aromatic heterocycles. The Kier molecular flexibility index (Phi) is 7.88. The molecule has 0 radical (unpaired) electrons. The normalized spacial score (nSPS) is 12.6. The Labute approximate surface area is 105 Å². The first-order valence-corrected chi connectivity index (χ1v) is 6.27. The molecule has 0 rings (SSSR count). The number of methoxy groups -OCH3 is 1. The summed E-state index contributed by atoms with van der Waals surface area (Å²) in [5, 5.41) is 0. The van der Waals surface area contributed by atoms with E-state index in [0.29, 0.717) is 6.42 Å². The van der Waals surface area contributed by atoms with Crippen molar-refractivity contribution in [2.24, 2.45) is 0 Å². The van der Waals surface area contributed by atoms with Crippen molar-refractivity contribution in [3.8, 4) is 0 Å². The van der Waals surface area contributed by atoms with Crippen LogP contribution in [0.2, 0.25) is 0 Å². The highest BCUT2D eigenvalue weighted by molar-refractivity contribution is 5.71. The molecule has 0 aromatic carbocycles. The SMILES string of the molecule is CCOC(C)(C)CCCC(C)=CCC(=O)OC. The second-order valence-electron chi connectivity index (χ2n) is 4.88. The lowest BCUT2D eigenvalue weighted by Gasteiger charge is -2.24. The average molecular weight is 242 g/mol. The van der Waals surface area contributed by atoms with Crippen LogP contribution in [0.3, 0.4) is 0 Å². The van der Waals surface area contributed by atoms with Crippen molar-refractivity contribution in [1.29, 1.82) is 0 Å². The summed E-state index contributed by atoms with van der Waals surface area (Å²) in [6, 6.07) is 0. The first kappa shape index (κ1) is 16.2. The van der Waals surface area contributed by atoms with Crippen LogP contribution in [-0.2, 0) is 14.3 Å². The second-order valence-corrected chi connectivity index (χ2v) is 4.88. The molecule has 0 saturated carbocycles. The molecule has 0 aliphatic rings. The minimum Gasteiger partial charge on any atom is -0.469 e. The predicted octanol–water partition coefficient (Wildman–Crippen LogP) is 3.48. The maximum Gasteiger partial charge on any atom is 0.309 e. The highest BCUT2D eigenvalue weighted by Crippen LogP contribution is 2.19. The fraction of sp³-hybridized carbons (Fsp3) is 0.786. The maximum absolute atomic E-state index is 10.9. The van der Waals surface area contributed by atoms with Crippen LogP contribution in [0.25, 0.3) is 0 Å². The van der Waals surface area contributed by atoms with Crippen LogP contribution in [0.15, 0.2) is 11.6 Å². The van der Waals surface area contributed by atoms with Crippen LogP contribution >= 0.6 is 0 Å². The van der Waals surface area contributed by atoms with E-state index in [4.69, 9.17) is 4.74 Å². The lowest BCUT2D eigenvalue weighted by Crippen LogP contribution is -2.24. The number of carbonyl (C=O) groups is 1. The predicted molar refractivity (Wildman–Crippen MR) is 69.9 cm³/mol. The minimum absolute atomic E-state index is 0.0443. The van der Waals surface area contributed by atoms with Gasteiger partial charge in [-0.05, 0) is 47.0 Å². The molecule has 0 saturated heterocycles. The van der Waals surface area contributed by atoms with Crippen molar-refractivity contribution in [2.45, 2.75) is 59.0 Å². The Morgan fingerprint density at radius 2 is 2.00 bits per heavy atom. The van der Waals surface area contributed by atoms with Crippen molar-refractivity contribution in [2.75, 3.05) is 13.7 Å². The number of allylic oxidation sites excluding steroid dienone is 1. The third-order valence-electron chi connectivity index (χ3n) is 2.73. The van der Waals surface area contributed by atoms with Crippen LogP contribution in [0.4, 0.5) is 0 Å². The number of ether oxygens (including phenoxy) is 2. The molecule has 0 bridgehead atoms. The summed E-state index contributed by atoms with van der Waals surface area (Å²) in [5.41, 5.74) is 1.19. The molecule has 0 heterocycles. The fourth-order valence-electron chi connectivity index (χ4n) is 1.70. The van der Waals surface area contributed by atoms with Gasteiger partial charge >= 0.3 is 5.97 Å². The van der Waals surface area contributed by atoms with Crippen molar-refractivity contribution in [3.63, 3.8) is 0 Å². The molecule has 100 valence electrons. The van der Waals surface area contributed by atoms with E-state index in [1.807, 2.05) is 13.0 Å². The van der Waals surface area contributed by atoms with Crippen LogP contribution in [-0.4, -0.2) is 25.3 Å². The molecule has 3 nitrogen and oxygen atoms in total. The van der Waals surface area contributed by atoms with Gasteiger partial charge in [0, 0.05) is 6.61 Å². The molecular formula is C14H26O3. The van der Waals surface area contributed by atoms with Gasteiger partial charge < -0.3 is 9.47 Å². The molecule has 0 aliphatic carbocycles. The average Bonchev–Trinajstić information content (AvgIpc) is 2.25. The standard InChI is InChI=1S/C14H26O3/c1-6-17-14(3,4)11-7-8-12(2)9-10-13(15)16-5/h9H,6-8,10-11H2,1-5H3. The van der Waals surface area contributed by atoms with E-state index in [9.17, 15) is 4.79 Å². The van der Waals surface area contributed by atoms with Crippen molar-refractivity contribution < 1.29 is 14.3 Å². The smallest absolute Gasteiger partial charge is 0.309 e.